The zero-order valence-electron chi connectivity index (χ0n) is 14.5. The monoisotopic (exact) mass is 324 g/mol. The quantitative estimate of drug-likeness (QED) is 0.739. The van der Waals surface area contributed by atoms with Gasteiger partial charge in [0.15, 0.2) is 0 Å². The minimum absolute atomic E-state index is 0.152. The molecule has 1 aliphatic rings. The Labute approximate surface area is 143 Å². The standard InChI is InChI=1S/C19H19FN2.C2H6/c20-15-6-7-18-16(12-15)17-13-21-10-8-19(17)22(18)11-9-14-4-2-1-3-5-14;1-2/h1-7,12,21H,8-11,13H2;1-2H3. The molecule has 2 heterocycles. The molecular weight excluding hydrogens is 299 g/mol. The van der Waals surface area contributed by atoms with Crippen LogP contribution >= 0.6 is 0 Å². The number of hydrogen-bond donors (Lipinski definition) is 1. The normalized spacial score (nSPS) is 13.3. The van der Waals surface area contributed by atoms with Crippen molar-refractivity contribution in [3.8, 4) is 0 Å². The minimum Gasteiger partial charge on any atom is -0.344 e. The van der Waals surface area contributed by atoms with Crippen LogP contribution in [0.3, 0.4) is 0 Å². The molecule has 1 aromatic heterocycles. The number of fused-ring (bicyclic) bond motifs is 3. The lowest BCUT2D eigenvalue weighted by Gasteiger charge is -2.17. The molecule has 2 nitrogen and oxygen atoms in total. The van der Waals surface area contributed by atoms with Crippen LogP contribution < -0.4 is 5.32 Å². The molecule has 0 atom stereocenters. The number of nitrogens with zero attached hydrogens (tertiary/aromatic N) is 1. The number of benzene rings is 2. The van der Waals surface area contributed by atoms with Crippen LogP contribution in [0.4, 0.5) is 4.39 Å². The predicted molar refractivity (Wildman–Crippen MR) is 98.8 cm³/mol. The van der Waals surface area contributed by atoms with Gasteiger partial charge in [0.25, 0.3) is 0 Å². The second-order valence-electron chi connectivity index (χ2n) is 5.90. The number of aromatic nitrogens is 1. The number of nitrogens with one attached hydrogen (secondary N) is 1. The van der Waals surface area contributed by atoms with Crippen LogP contribution in [-0.4, -0.2) is 11.1 Å². The zero-order chi connectivity index (χ0) is 16.9. The summed E-state index contributed by atoms with van der Waals surface area (Å²) in [4.78, 5) is 0. The molecule has 3 heteroatoms. The van der Waals surface area contributed by atoms with Crippen molar-refractivity contribution in [1.29, 1.82) is 0 Å². The number of hydrogen-bond acceptors (Lipinski definition) is 1. The van der Waals surface area contributed by atoms with E-state index >= 15 is 0 Å². The Bertz CT molecular complexity index is 806. The Balaban J connectivity index is 0.000000815. The summed E-state index contributed by atoms with van der Waals surface area (Å²) in [5, 5.41) is 4.47. The fraction of sp³-hybridized carbons (Fsp3) is 0.333. The van der Waals surface area contributed by atoms with Gasteiger partial charge in [0.05, 0.1) is 0 Å². The summed E-state index contributed by atoms with van der Waals surface area (Å²) in [5.74, 6) is -0.152. The molecule has 0 fully saturated rings. The van der Waals surface area contributed by atoms with Gasteiger partial charge in [0.2, 0.25) is 0 Å². The highest BCUT2D eigenvalue weighted by atomic mass is 19.1. The minimum atomic E-state index is -0.152. The van der Waals surface area contributed by atoms with E-state index in [0.717, 1.165) is 43.4 Å². The van der Waals surface area contributed by atoms with Crippen molar-refractivity contribution in [2.75, 3.05) is 6.54 Å². The highest BCUT2D eigenvalue weighted by Crippen LogP contribution is 2.29. The fourth-order valence-corrected chi connectivity index (χ4v) is 3.49. The summed E-state index contributed by atoms with van der Waals surface area (Å²) < 4.78 is 16.0. The van der Waals surface area contributed by atoms with Gasteiger partial charge in [-0.05, 0) is 35.7 Å². The van der Waals surface area contributed by atoms with Crippen LogP contribution in [0.25, 0.3) is 10.9 Å². The molecule has 0 saturated heterocycles. The van der Waals surface area contributed by atoms with Crippen molar-refractivity contribution >= 4 is 10.9 Å². The van der Waals surface area contributed by atoms with Gasteiger partial charge in [-0.2, -0.15) is 0 Å². The van der Waals surface area contributed by atoms with Crippen molar-refractivity contribution in [3.63, 3.8) is 0 Å². The Kier molecular flexibility index (Phi) is 5.31. The van der Waals surface area contributed by atoms with E-state index in [0.29, 0.717) is 0 Å². The first-order valence-corrected chi connectivity index (χ1v) is 8.87. The molecule has 3 aromatic rings. The number of rotatable bonds is 3. The SMILES string of the molecule is CC.Fc1ccc2c(c1)c1c(n2CCc2ccccc2)CCNC1. The van der Waals surface area contributed by atoms with Gasteiger partial charge in [0, 0.05) is 42.7 Å². The summed E-state index contributed by atoms with van der Waals surface area (Å²) in [6.07, 6.45) is 2.02. The maximum Gasteiger partial charge on any atom is 0.123 e. The molecular formula is C21H25FN2. The lowest BCUT2D eigenvalue weighted by atomic mass is 10.1. The Morgan fingerprint density at radius 2 is 1.88 bits per heavy atom. The molecule has 0 saturated carbocycles. The van der Waals surface area contributed by atoms with E-state index < -0.39 is 0 Å². The van der Waals surface area contributed by atoms with Crippen molar-refractivity contribution in [2.45, 2.75) is 39.8 Å². The van der Waals surface area contributed by atoms with Gasteiger partial charge in [-0.25, -0.2) is 4.39 Å². The smallest absolute Gasteiger partial charge is 0.123 e. The van der Waals surface area contributed by atoms with Crippen LogP contribution in [0, 0.1) is 5.82 Å². The third-order valence-electron chi connectivity index (χ3n) is 4.56. The summed E-state index contributed by atoms with van der Waals surface area (Å²) in [6.45, 7) is 6.78. The van der Waals surface area contributed by atoms with E-state index in [1.807, 2.05) is 26.0 Å². The Hall–Kier alpha value is -2.13. The molecule has 1 N–H and O–H groups in total. The van der Waals surface area contributed by atoms with Crippen molar-refractivity contribution in [3.05, 3.63) is 71.2 Å². The molecule has 0 aliphatic carbocycles. The maximum atomic E-state index is 13.6. The van der Waals surface area contributed by atoms with Gasteiger partial charge < -0.3 is 9.88 Å². The first kappa shape index (κ1) is 16.7. The van der Waals surface area contributed by atoms with Crippen LogP contribution in [0.5, 0.6) is 0 Å². The van der Waals surface area contributed by atoms with E-state index in [4.69, 9.17) is 0 Å². The van der Waals surface area contributed by atoms with Crippen LogP contribution in [0.1, 0.15) is 30.7 Å². The average Bonchev–Trinajstić information content (AvgIpc) is 2.96. The van der Waals surface area contributed by atoms with Gasteiger partial charge in [-0.15, -0.1) is 0 Å². The average molecular weight is 324 g/mol. The van der Waals surface area contributed by atoms with Gasteiger partial charge >= 0.3 is 0 Å². The molecule has 0 unspecified atom stereocenters. The van der Waals surface area contributed by atoms with Gasteiger partial charge in [-0.3, -0.25) is 0 Å². The Morgan fingerprint density at radius 1 is 1.08 bits per heavy atom. The third-order valence-corrected chi connectivity index (χ3v) is 4.56. The molecule has 0 radical (unpaired) electrons. The first-order chi connectivity index (χ1) is 11.8. The Morgan fingerprint density at radius 3 is 2.67 bits per heavy atom. The zero-order valence-corrected chi connectivity index (χ0v) is 14.5. The van der Waals surface area contributed by atoms with Crippen LogP contribution in [-0.2, 0) is 25.9 Å². The highest BCUT2D eigenvalue weighted by Gasteiger charge is 2.19. The molecule has 0 bridgehead atoms. The van der Waals surface area contributed by atoms with Crippen molar-refractivity contribution in [1.82, 2.24) is 9.88 Å². The van der Waals surface area contributed by atoms with E-state index in [1.165, 1.54) is 16.8 Å². The lowest BCUT2D eigenvalue weighted by Crippen LogP contribution is -2.24. The number of aryl methyl sites for hydroxylation is 2. The highest BCUT2D eigenvalue weighted by molar-refractivity contribution is 5.86. The van der Waals surface area contributed by atoms with E-state index in [9.17, 15) is 4.39 Å². The third kappa shape index (κ3) is 3.22. The molecule has 0 amide bonds. The van der Waals surface area contributed by atoms with E-state index in [2.05, 4.69) is 34.1 Å². The largest absolute Gasteiger partial charge is 0.344 e. The van der Waals surface area contributed by atoms with Crippen molar-refractivity contribution < 1.29 is 4.39 Å². The van der Waals surface area contributed by atoms with E-state index in [1.54, 1.807) is 12.1 Å². The summed E-state index contributed by atoms with van der Waals surface area (Å²) in [6, 6.07) is 15.7. The topological polar surface area (TPSA) is 17.0 Å². The van der Waals surface area contributed by atoms with Crippen LogP contribution in [0.2, 0.25) is 0 Å². The molecule has 1 aliphatic heterocycles. The van der Waals surface area contributed by atoms with Gasteiger partial charge in [-0.1, -0.05) is 44.2 Å². The summed E-state index contributed by atoms with van der Waals surface area (Å²) in [5.41, 5.74) is 5.14. The lowest BCUT2D eigenvalue weighted by molar-refractivity contribution is 0.594. The van der Waals surface area contributed by atoms with Crippen molar-refractivity contribution in [2.24, 2.45) is 0 Å². The predicted octanol–water partition coefficient (Wildman–Crippen LogP) is 4.70. The second kappa shape index (κ2) is 7.63. The summed E-state index contributed by atoms with van der Waals surface area (Å²) >= 11 is 0. The molecule has 4 rings (SSSR count). The number of halogens is 1. The molecule has 126 valence electrons. The summed E-state index contributed by atoms with van der Waals surface area (Å²) in [7, 11) is 0. The van der Waals surface area contributed by atoms with E-state index in [-0.39, 0.29) is 5.82 Å². The second-order valence-corrected chi connectivity index (χ2v) is 5.90. The van der Waals surface area contributed by atoms with Gasteiger partial charge in [0.1, 0.15) is 5.82 Å². The first-order valence-electron chi connectivity index (χ1n) is 8.87. The maximum absolute atomic E-state index is 13.6. The van der Waals surface area contributed by atoms with Crippen LogP contribution in [0.15, 0.2) is 48.5 Å². The molecule has 2 aromatic carbocycles. The fourth-order valence-electron chi connectivity index (χ4n) is 3.49. The molecule has 24 heavy (non-hydrogen) atoms. The molecule has 0 spiro atoms.